The highest BCUT2D eigenvalue weighted by Crippen LogP contribution is 2.19. The van der Waals surface area contributed by atoms with E-state index in [1.54, 1.807) is 41.4 Å². The van der Waals surface area contributed by atoms with Crippen LogP contribution in [0.3, 0.4) is 0 Å². The first-order chi connectivity index (χ1) is 13.1. The van der Waals surface area contributed by atoms with Crippen molar-refractivity contribution in [3.05, 3.63) is 64.7 Å². The van der Waals surface area contributed by atoms with Crippen molar-refractivity contribution in [2.24, 2.45) is 0 Å². The van der Waals surface area contributed by atoms with Gasteiger partial charge in [-0.05, 0) is 25.1 Å². The van der Waals surface area contributed by atoms with Gasteiger partial charge in [-0.2, -0.15) is 10.2 Å². The predicted molar refractivity (Wildman–Crippen MR) is 96.4 cm³/mol. The molecule has 8 nitrogen and oxygen atoms in total. The third-order valence-corrected chi connectivity index (χ3v) is 4.57. The van der Waals surface area contributed by atoms with Crippen molar-refractivity contribution in [2.75, 3.05) is 6.54 Å². The number of fused-ring (bicyclic) bond motifs is 1. The highest BCUT2D eigenvalue weighted by Gasteiger charge is 2.24. The van der Waals surface area contributed by atoms with Crippen molar-refractivity contribution in [2.45, 2.75) is 26.5 Å². The number of nitrogens with one attached hydrogen (secondary N) is 2. The Hall–Kier alpha value is -3.42. The topological polar surface area (TPSA) is 104 Å². The molecule has 0 fully saturated rings. The largest absolute Gasteiger partial charge is 0.487 e. The van der Waals surface area contributed by atoms with Gasteiger partial charge in [-0.1, -0.05) is 12.1 Å². The van der Waals surface area contributed by atoms with Crippen LogP contribution in [0.1, 0.15) is 44.7 Å². The number of carbonyl (C=O) groups is 2. The number of nitrogens with zero attached hydrogens (tertiary/aromatic N) is 3. The summed E-state index contributed by atoms with van der Waals surface area (Å²) < 4.78 is 5.70. The van der Waals surface area contributed by atoms with Gasteiger partial charge in [0.05, 0.1) is 11.9 Å². The second kappa shape index (κ2) is 7.06. The number of benzene rings is 1. The zero-order valence-electron chi connectivity index (χ0n) is 14.9. The van der Waals surface area contributed by atoms with Gasteiger partial charge in [0.2, 0.25) is 0 Å². The Kier molecular flexibility index (Phi) is 4.45. The molecular formula is C19H19N5O3. The zero-order chi connectivity index (χ0) is 18.8. The van der Waals surface area contributed by atoms with E-state index in [0.29, 0.717) is 35.8 Å². The molecule has 3 aromatic rings. The smallest absolute Gasteiger partial charge is 0.274 e. The van der Waals surface area contributed by atoms with Gasteiger partial charge in [-0.15, -0.1) is 0 Å². The van der Waals surface area contributed by atoms with Crippen LogP contribution < -0.4 is 4.74 Å². The molecule has 0 saturated heterocycles. The van der Waals surface area contributed by atoms with E-state index in [2.05, 4.69) is 20.4 Å². The molecule has 27 heavy (non-hydrogen) atoms. The number of ketones is 1. The minimum atomic E-state index is -0.122. The van der Waals surface area contributed by atoms with E-state index < -0.39 is 0 Å². The van der Waals surface area contributed by atoms with Crippen LogP contribution in [-0.2, 0) is 19.6 Å². The van der Waals surface area contributed by atoms with Crippen molar-refractivity contribution in [1.29, 1.82) is 0 Å². The molecule has 1 amide bonds. The summed E-state index contributed by atoms with van der Waals surface area (Å²) in [5.74, 6) is 0.453. The maximum atomic E-state index is 12.7. The van der Waals surface area contributed by atoms with E-state index in [9.17, 15) is 9.59 Å². The van der Waals surface area contributed by atoms with Gasteiger partial charge in [0.1, 0.15) is 12.4 Å². The maximum Gasteiger partial charge on any atom is 0.274 e. The Morgan fingerprint density at radius 3 is 3.00 bits per heavy atom. The summed E-state index contributed by atoms with van der Waals surface area (Å²) in [5.41, 5.74) is 3.77. The number of H-pyrrole nitrogens is 2. The molecule has 3 heterocycles. The van der Waals surface area contributed by atoms with Gasteiger partial charge in [-0.3, -0.25) is 19.8 Å². The normalized spacial score (nSPS) is 13.3. The monoisotopic (exact) mass is 365 g/mol. The fraction of sp³-hybridized carbons (Fsp3) is 0.263. The number of hydrogen-bond acceptors (Lipinski definition) is 5. The van der Waals surface area contributed by atoms with E-state index >= 15 is 0 Å². The molecule has 0 spiro atoms. The third kappa shape index (κ3) is 3.59. The van der Waals surface area contributed by atoms with Gasteiger partial charge >= 0.3 is 0 Å². The van der Waals surface area contributed by atoms with Gasteiger partial charge in [-0.25, -0.2) is 0 Å². The van der Waals surface area contributed by atoms with E-state index in [0.717, 1.165) is 17.7 Å². The van der Waals surface area contributed by atoms with Crippen molar-refractivity contribution < 1.29 is 14.3 Å². The molecule has 2 N–H and O–H groups in total. The van der Waals surface area contributed by atoms with Crippen molar-refractivity contribution in [3.8, 4) is 5.75 Å². The van der Waals surface area contributed by atoms with Gasteiger partial charge in [0, 0.05) is 36.3 Å². The Morgan fingerprint density at radius 2 is 2.15 bits per heavy atom. The predicted octanol–water partition coefficient (Wildman–Crippen LogP) is 2.11. The summed E-state index contributed by atoms with van der Waals surface area (Å²) in [7, 11) is 0. The Morgan fingerprint density at radius 1 is 1.26 bits per heavy atom. The molecule has 138 valence electrons. The molecule has 0 saturated carbocycles. The zero-order valence-corrected chi connectivity index (χ0v) is 14.9. The van der Waals surface area contributed by atoms with Crippen LogP contribution in [0.2, 0.25) is 0 Å². The number of aromatic amines is 2. The fourth-order valence-corrected chi connectivity index (χ4v) is 3.07. The average Bonchev–Trinajstić information content (AvgIpc) is 3.34. The summed E-state index contributed by atoms with van der Waals surface area (Å²) in [4.78, 5) is 25.9. The van der Waals surface area contributed by atoms with E-state index in [1.165, 1.54) is 6.92 Å². The van der Waals surface area contributed by atoms with Crippen LogP contribution in [0.4, 0.5) is 0 Å². The lowest BCUT2D eigenvalue weighted by molar-refractivity contribution is 0.0728. The van der Waals surface area contributed by atoms with Crippen LogP contribution in [0.15, 0.2) is 36.5 Å². The third-order valence-electron chi connectivity index (χ3n) is 4.57. The number of aromatic nitrogens is 4. The van der Waals surface area contributed by atoms with Crippen molar-refractivity contribution in [3.63, 3.8) is 0 Å². The van der Waals surface area contributed by atoms with Crippen LogP contribution in [0.25, 0.3) is 0 Å². The Balaban J connectivity index is 1.39. The molecular weight excluding hydrogens is 346 g/mol. The number of amides is 1. The first-order valence-electron chi connectivity index (χ1n) is 8.68. The lowest BCUT2D eigenvalue weighted by Crippen LogP contribution is -2.35. The highest BCUT2D eigenvalue weighted by atomic mass is 16.5. The number of carbonyl (C=O) groups excluding carboxylic acids is 2. The lowest BCUT2D eigenvalue weighted by atomic mass is 10.1. The van der Waals surface area contributed by atoms with E-state index in [4.69, 9.17) is 4.74 Å². The summed E-state index contributed by atoms with van der Waals surface area (Å²) in [6.45, 7) is 2.90. The first-order valence-corrected chi connectivity index (χ1v) is 8.68. The molecule has 2 aromatic heterocycles. The molecule has 0 bridgehead atoms. The number of rotatable bonds is 5. The molecule has 1 aromatic carbocycles. The maximum absolute atomic E-state index is 12.7. The molecule has 0 radical (unpaired) electrons. The summed E-state index contributed by atoms with van der Waals surface area (Å²) in [6, 6.07) is 8.69. The number of hydrogen-bond donors (Lipinski definition) is 2. The molecule has 0 atom stereocenters. The molecule has 8 heteroatoms. The molecule has 0 aliphatic carbocycles. The Bertz CT molecular complexity index is 991. The second-order valence-electron chi connectivity index (χ2n) is 6.50. The summed E-state index contributed by atoms with van der Waals surface area (Å²) in [6.07, 6.45) is 2.52. The molecule has 0 unspecified atom stereocenters. The second-order valence-corrected chi connectivity index (χ2v) is 6.50. The van der Waals surface area contributed by atoms with Crippen LogP contribution in [-0.4, -0.2) is 43.5 Å². The minimum absolute atomic E-state index is 0.0165. The quantitative estimate of drug-likeness (QED) is 0.674. The van der Waals surface area contributed by atoms with Crippen LogP contribution >= 0.6 is 0 Å². The standard InChI is InChI=1S/C19H19N5O3/c1-12(25)13-3-2-4-16(7-13)27-11-15-8-18(23-21-15)19(26)24-6-5-17-14(10-24)9-20-22-17/h2-4,7-9H,5-6,10-11H2,1H3,(H,20,22)(H,21,23). The van der Waals surface area contributed by atoms with Crippen molar-refractivity contribution in [1.82, 2.24) is 25.3 Å². The fourth-order valence-electron chi connectivity index (χ4n) is 3.07. The van der Waals surface area contributed by atoms with Crippen molar-refractivity contribution >= 4 is 11.7 Å². The minimum Gasteiger partial charge on any atom is -0.487 e. The van der Waals surface area contributed by atoms with Gasteiger partial charge in [0.15, 0.2) is 11.5 Å². The van der Waals surface area contributed by atoms with Crippen LogP contribution in [0.5, 0.6) is 5.75 Å². The first kappa shape index (κ1) is 17.0. The Labute approximate surface area is 155 Å². The number of Topliss-reactive ketones (excluding diaryl/α,β-unsaturated/α-hetero) is 1. The SMILES string of the molecule is CC(=O)c1cccc(OCc2cc(C(=O)N3CCc4[nH]ncc4C3)n[nH]2)c1. The number of ether oxygens (including phenoxy) is 1. The van der Waals surface area contributed by atoms with Crippen LogP contribution in [0, 0.1) is 0 Å². The molecule has 1 aliphatic rings. The molecule has 1 aliphatic heterocycles. The average molecular weight is 365 g/mol. The van der Waals surface area contributed by atoms with E-state index in [-0.39, 0.29) is 18.3 Å². The summed E-state index contributed by atoms with van der Waals surface area (Å²) in [5, 5.41) is 13.9. The highest BCUT2D eigenvalue weighted by molar-refractivity contribution is 5.94. The summed E-state index contributed by atoms with van der Waals surface area (Å²) >= 11 is 0. The van der Waals surface area contributed by atoms with Gasteiger partial charge in [0.25, 0.3) is 5.91 Å². The molecule has 4 rings (SSSR count). The van der Waals surface area contributed by atoms with E-state index in [1.807, 2.05) is 0 Å². The van der Waals surface area contributed by atoms with Gasteiger partial charge < -0.3 is 9.64 Å². The lowest BCUT2D eigenvalue weighted by Gasteiger charge is -2.25.